The molecule has 1 fully saturated rings. The summed E-state index contributed by atoms with van der Waals surface area (Å²) in [4.78, 5) is 2.42. The first-order chi connectivity index (χ1) is 10.5. The zero-order chi connectivity index (χ0) is 16.1. The van der Waals surface area contributed by atoms with Gasteiger partial charge in [0.25, 0.3) is 0 Å². The topological polar surface area (TPSA) is 32.7 Å². The molecule has 0 spiro atoms. The lowest BCUT2D eigenvalue weighted by atomic mass is 9.97. The summed E-state index contributed by atoms with van der Waals surface area (Å²) in [6.45, 7) is 9.91. The molecule has 1 aromatic rings. The summed E-state index contributed by atoms with van der Waals surface area (Å²) in [5.41, 5.74) is 1.20. The van der Waals surface area contributed by atoms with Crippen molar-refractivity contribution in [2.45, 2.75) is 71.1 Å². The highest BCUT2D eigenvalue weighted by Crippen LogP contribution is 2.26. The third kappa shape index (κ3) is 4.47. The summed E-state index contributed by atoms with van der Waals surface area (Å²) in [7, 11) is 0. The van der Waals surface area contributed by atoms with Crippen LogP contribution in [0.2, 0.25) is 0 Å². The van der Waals surface area contributed by atoms with Crippen molar-refractivity contribution in [2.24, 2.45) is 0 Å². The molecular weight excluding hydrogens is 274 g/mol. The van der Waals surface area contributed by atoms with Gasteiger partial charge < -0.3 is 9.84 Å². The van der Waals surface area contributed by atoms with Crippen LogP contribution in [0.3, 0.4) is 0 Å². The van der Waals surface area contributed by atoms with Crippen LogP contribution in [-0.2, 0) is 0 Å². The van der Waals surface area contributed by atoms with Gasteiger partial charge in [-0.3, -0.25) is 4.90 Å². The Balaban J connectivity index is 1.89. The van der Waals surface area contributed by atoms with Gasteiger partial charge in [0.1, 0.15) is 18.5 Å². The molecule has 1 N–H and O–H groups in total. The Labute approximate surface area is 135 Å². The maximum atomic E-state index is 10.4. The average Bonchev–Trinajstić information content (AvgIpc) is 2.49. The first-order valence-electron chi connectivity index (χ1n) is 8.64. The molecule has 0 aromatic heterocycles. The molecule has 0 bridgehead atoms. The zero-order valence-corrected chi connectivity index (χ0v) is 14.5. The second kappa shape index (κ2) is 7.98. The first-order valence-corrected chi connectivity index (χ1v) is 8.64. The molecular formula is C19H31NO2. The Hall–Kier alpha value is -1.06. The minimum atomic E-state index is -0.441. The lowest BCUT2D eigenvalue weighted by Gasteiger charge is -2.40. The summed E-state index contributed by atoms with van der Waals surface area (Å²) in [6, 6.07) is 9.23. The van der Waals surface area contributed by atoms with Gasteiger partial charge in [-0.1, -0.05) is 38.5 Å². The van der Waals surface area contributed by atoms with E-state index in [0.717, 1.165) is 5.75 Å². The number of β-amino-alcohol motifs (C(OH)–C–C–N with tert-alkyl or cyclic N) is 1. The molecule has 2 rings (SSSR count). The lowest BCUT2D eigenvalue weighted by Crippen LogP contribution is -2.48. The molecule has 0 radical (unpaired) electrons. The molecule has 22 heavy (non-hydrogen) atoms. The molecule has 0 saturated carbocycles. The Morgan fingerprint density at radius 3 is 2.45 bits per heavy atom. The Bertz CT molecular complexity index is 451. The monoisotopic (exact) mass is 305 g/mol. The van der Waals surface area contributed by atoms with Gasteiger partial charge in [0.2, 0.25) is 0 Å². The number of ether oxygens (including phenoxy) is 1. The number of nitrogens with zero attached hydrogens (tertiary/aromatic N) is 1. The summed E-state index contributed by atoms with van der Waals surface area (Å²) in [6.07, 6.45) is 3.32. The maximum Gasteiger partial charge on any atom is 0.122 e. The van der Waals surface area contributed by atoms with Gasteiger partial charge in [-0.05, 0) is 44.2 Å². The summed E-state index contributed by atoms with van der Waals surface area (Å²) >= 11 is 0. The number of aliphatic hydroxyl groups is 1. The van der Waals surface area contributed by atoms with Gasteiger partial charge in [0, 0.05) is 18.6 Å². The smallest absolute Gasteiger partial charge is 0.122 e. The van der Waals surface area contributed by atoms with Crippen LogP contribution in [-0.4, -0.2) is 41.3 Å². The summed E-state index contributed by atoms with van der Waals surface area (Å²) in [5, 5.41) is 10.4. The lowest BCUT2D eigenvalue weighted by molar-refractivity contribution is 0.0207. The minimum absolute atomic E-state index is 0.361. The van der Waals surface area contributed by atoms with Crippen molar-refractivity contribution < 1.29 is 9.84 Å². The highest BCUT2D eigenvalue weighted by atomic mass is 16.5. The van der Waals surface area contributed by atoms with E-state index in [1.807, 2.05) is 18.2 Å². The summed E-state index contributed by atoms with van der Waals surface area (Å²) < 4.78 is 5.90. The van der Waals surface area contributed by atoms with Crippen molar-refractivity contribution in [3.8, 4) is 5.75 Å². The first kappa shape index (κ1) is 17.3. The van der Waals surface area contributed by atoms with Gasteiger partial charge in [-0.2, -0.15) is 0 Å². The number of aliphatic hydroxyl groups excluding tert-OH is 1. The molecule has 3 atom stereocenters. The van der Waals surface area contributed by atoms with Gasteiger partial charge in [0.15, 0.2) is 0 Å². The Morgan fingerprint density at radius 1 is 1.18 bits per heavy atom. The van der Waals surface area contributed by atoms with E-state index in [0.29, 0.717) is 31.2 Å². The van der Waals surface area contributed by atoms with Crippen molar-refractivity contribution in [1.82, 2.24) is 4.90 Å². The molecule has 1 aliphatic rings. The minimum Gasteiger partial charge on any atom is -0.491 e. The van der Waals surface area contributed by atoms with E-state index in [4.69, 9.17) is 4.74 Å². The third-order valence-corrected chi connectivity index (χ3v) is 4.77. The molecule has 1 aromatic carbocycles. The van der Waals surface area contributed by atoms with Crippen molar-refractivity contribution in [3.05, 3.63) is 29.8 Å². The molecule has 124 valence electrons. The van der Waals surface area contributed by atoms with Crippen LogP contribution in [0.4, 0.5) is 0 Å². The normalized spacial score (nSPS) is 24.5. The fourth-order valence-electron chi connectivity index (χ4n) is 3.41. The van der Waals surface area contributed by atoms with Crippen LogP contribution in [0, 0.1) is 0 Å². The van der Waals surface area contributed by atoms with Crippen LogP contribution in [0.5, 0.6) is 5.75 Å². The number of piperidine rings is 1. The predicted molar refractivity (Wildman–Crippen MR) is 91.5 cm³/mol. The van der Waals surface area contributed by atoms with E-state index < -0.39 is 6.10 Å². The van der Waals surface area contributed by atoms with Crippen LogP contribution in [0.15, 0.2) is 24.3 Å². The van der Waals surface area contributed by atoms with Crippen molar-refractivity contribution in [1.29, 1.82) is 0 Å². The maximum absolute atomic E-state index is 10.4. The third-order valence-electron chi connectivity index (χ3n) is 4.77. The predicted octanol–water partition coefficient (Wildman–Crippen LogP) is 3.81. The number of benzene rings is 1. The number of hydrogen-bond donors (Lipinski definition) is 1. The fourth-order valence-corrected chi connectivity index (χ4v) is 3.41. The van der Waals surface area contributed by atoms with Crippen molar-refractivity contribution in [2.75, 3.05) is 13.2 Å². The molecule has 1 aliphatic heterocycles. The molecule has 1 heterocycles. The largest absolute Gasteiger partial charge is 0.491 e. The quantitative estimate of drug-likeness (QED) is 0.867. The molecule has 0 unspecified atom stereocenters. The zero-order valence-electron chi connectivity index (χ0n) is 14.5. The second-order valence-electron chi connectivity index (χ2n) is 6.98. The average molecular weight is 305 g/mol. The molecule has 3 heteroatoms. The number of para-hydroxylation sites is 1. The van der Waals surface area contributed by atoms with E-state index in [1.165, 1.54) is 24.8 Å². The van der Waals surface area contributed by atoms with Gasteiger partial charge in [-0.25, -0.2) is 0 Å². The van der Waals surface area contributed by atoms with E-state index in [1.54, 1.807) is 0 Å². The van der Waals surface area contributed by atoms with Crippen LogP contribution < -0.4 is 4.74 Å². The van der Waals surface area contributed by atoms with Crippen LogP contribution in [0.25, 0.3) is 0 Å². The number of hydrogen-bond acceptors (Lipinski definition) is 3. The number of rotatable bonds is 6. The van der Waals surface area contributed by atoms with Crippen molar-refractivity contribution >= 4 is 0 Å². The number of likely N-dealkylation sites (tertiary alicyclic amines) is 1. The Kier molecular flexibility index (Phi) is 6.27. The second-order valence-corrected chi connectivity index (χ2v) is 6.98. The van der Waals surface area contributed by atoms with Gasteiger partial charge in [0.05, 0.1) is 0 Å². The van der Waals surface area contributed by atoms with E-state index in [2.05, 4.69) is 38.7 Å². The SMILES string of the molecule is CC(C)c1ccccc1OC[C@@H](O)CN1[C@@H](C)CCC[C@@H]1C. The van der Waals surface area contributed by atoms with Gasteiger partial charge in [-0.15, -0.1) is 0 Å². The fraction of sp³-hybridized carbons (Fsp3) is 0.684. The Morgan fingerprint density at radius 2 is 1.82 bits per heavy atom. The van der Waals surface area contributed by atoms with Gasteiger partial charge >= 0.3 is 0 Å². The highest BCUT2D eigenvalue weighted by Gasteiger charge is 2.26. The summed E-state index contributed by atoms with van der Waals surface area (Å²) in [5.74, 6) is 1.33. The van der Waals surface area contributed by atoms with E-state index in [-0.39, 0.29) is 0 Å². The van der Waals surface area contributed by atoms with E-state index >= 15 is 0 Å². The van der Waals surface area contributed by atoms with Crippen LogP contribution in [0.1, 0.15) is 58.4 Å². The molecule has 0 aliphatic carbocycles. The molecule has 1 saturated heterocycles. The van der Waals surface area contributed by atoms with E-state index in [9.17, 15) is 5.11 Å². The highest BCUT2D eigenvalue weighted by molar-refractivity contribution is 5.35. The van der Waals surface area contributed by atoms with Crippen molar-refractivity contribution in [3.63, 3.8) is 0 Å². The molecule has 3 nitrogen and oxygen atoms in total. The molecule has 0 amide bonds. The van der Waals surface area contributed by atoms with Crippen LogP contribution >= 0.6 is 0 Å². The standard InChI is InChI=1S/C19H31NO2/c1-14(2)18-10-5-6-11-19(18)22-13-17(21)12-20-15(3)8-7-9-16(20)4/h5-6,10-11,14-17,21H,7-9,12-13H2,1-4H3/t15-,16-,17-/m0/s1.